The molecule has 0 aliphatic carbocycles. The van der Waals surface area contributed by atoms with Crippen molar-refractivity contribution >= 4 is 11.8 Å². The average Bonchev–Trinajstić information content (AvgIpc) is 2.42. The van der Waals surface area contributed by atoms with Gasteiger partial charge in [0.1, 0.15) is 11.5 Å². The third-order valence-corrected chi connectivity index (χ3v) is 2.75. The lowest BCUT2D eigenvalue weighted by Gasteiger charge is -2.09. The summed E-state index contributed by atoms with van der Waals surface area (Å²) in [6, 6.07) is 5.02. The highest BCUT2D eigenvalue weighted by Gasteiger charge is 2.13. The highest BCUT2D eigenvalue weighted by atomic mass is 16.5. The van der Waals surface area contributed by atoms with Crippen molar-refractivity contribution in [3.05, 3.63) is 23.8 Å². The number of ether oxygens (including phenoxy) is 2. The van der Waals surface area contributed by atoms with E-state index in [4.69, 9.17) is 14.6 Å². The molecule has 0 bridgehead atoms. The predicted octanol–water partition coefficient (Wildman–Crippen LogP) is 2.53. The van der Waals surface area contributed by atoms with Gasteiger partial charge in [-0.3, -0.25) is 9.59 Å². The van der Waals surface area contributed by atoms with Crippen LogP contribution in [0.1, 0.15) is 36.0 Å². The lowest BCUT2D eigenvalue weighted by Crippen LogP contribution is -2.03. The Hall–Kier alpha value is -2.04. The van der Waals surface area contributed by atoms with Gasteiger partial charge in [0.2, 0.25) is 0 Å². The van der Waals surface area contributed by atoms with Gasteiger partial charge in [-0.25, -0.2) is 0 Å². The predicted molar refractivity (Wildman–Crippen MR) is 70.0 cm³/mol. The maximum atomic E-state index is 12.0. The Morgan fingerprint density at radius 2 is 1.79 bits per heavy atom. The van der Waals surface area contributed by atoms with Crippen LogP contribution in [-0.2, 0) is 4.79 Å². The van der Waals surface area contributed by atoms with Gasteiger partial charge >= 0.3 is 5.97 Å². The van der Waals surface area contributed by atoms with Crippen LogP contribution >= 0.6 is 0 Å². The standard InChI is InChI=1S/C14H18O5/c1-18-10-7-8-11(13(9-10)19-2)12(15)5-3-4-6-14(16)17/h7-9H,3-6H2,1-2H3,(H,16,17). The molecule has 5 heteroatoms. The van der Waals surface area contributed by atoms with Crippen LogP contribution < -0.4 is 9.47 Å². The minimum absolute atomic E-state index is 0.0510. The third-order valence-electron chi connectivity index (χ3n) is 2.75. The molecule has 0 spiro atoms. The first-order valence-corrected chi connectivity index (χ1v) is 6.05. The van der Waals surface area contributed by atoms with Crippen molar-refractivity contribution in [2.75, 3.05) is 14.2 Å². The third kappa shape index (κ3) is 4.62. The molecule has 0 atom stereocenters. The van der Waals surface area contributed by atoms with Crippen LogP contribution in [-0.4, -0.2) is 31.1 Å². The van der Waals surface area contributed by atoms with Crippen LogP contribution in [0.2, 0.25) is 0 Å². The number of carboxylic acid groups (broad SMARTS) is 1. The quantitative estimate of drug-likeness (QED) is 0.578. The summed E-state index contributed by atoms with van der Waals surface area (Å²) in [6.45, 7) is 0. The number of methoxy groups -OCH3 is 2. The van der Waals surface area contributed by atoms with Crippen LogP contribution in [0.4, 0.5) is 0 Å². The lowest BCUT2D eigenvalue weighted by atomic mass is 10.0. The van der Waals surface area contributed by atoms with Crippen LogP contribution in [0.15, 0.2) is 18.2 Å². The topological polar surface area (TPSA) is 72.8 Å². The summed E-state index contributed by atoms with van der Waals surface area (Å²) in [5, 5.41) is 8.52. The minimum Gasteiger partial charge on any atom is -0.497 e. The Bertz CT molecular complexity index is 453. The monoisotopic (exact) mass is 266 g/mol. The molecule has 1 N–H and O–H groups in total. The average molecular weight is 266 g/mol. The van der Waals surface area contributed by atoms with Crippen molar-refractivity contribution in [1.29, 1.82) is 0 Å². The number of carboxylic acids is 1. The number of hydrogen-bond donors (Lipinski definition) is 1. The Balaban J connectivity index is 2.63. The summed E-state index contributed by atoms with van der Waals surface area (Å²) in [5.41, 5.74) is 0.499. The Labute approximate surface area is 112 Å². The summed E-state index contributed by atoms with van der Waals surface area (Å²) < 4.78 is 10.2. The fraction of sp³-hybridized carbons (Fsp3) is 0.429. The van der Waals surface area contributed by atoms with Gasteiger partial charge in [0.05, 0.1) is 19.8 Å². The number of benzene rings is 1. The fourth-order valence-electron chi connectivity index (χ4n) is 1.73. The summed E-state index contributed by atoms with van der Waals surface area (Å²) >= 11 is 0. The second-order valence-corrected chi connectivity index (χ2v) is 4.09. The van der Waals surface area contributed by atoms with Crippen molar-refractivity contribution in [1.82, 2.24) is 0 Å². The number of ketones is 1. The zero-order chi connectivity index (χ0) is 14.3. The molecule has 0 unspecified atom stereocenters. The number of carbonyl (C=O) groups excluding carboxylic acids is 1. The molecular formula is C14H18O5. The molecule has 0 aliphatic rings. The first-order valence-electron chi connectivity index (χ1n) is 6.05. The van der Waals surface area contributed by atoms with E-state index >= 15 is 0 Å². The number of rotatable bonds is 8. The second-order valence-electron chi connectivity index (χ2n) is 4.09. The summed E-state index contributed by atoms with van der Waals surface area (Å²) in [7, 11) is 3.04. The molecule has 0 amide bonds. The van der Waals surface area contributed by atoms with Gasteiger partial charge in [0.15, 0.2) is 5.78 Å². The highest BCUT2D eigenvalue weighted by Crippen LogP contribution is 2.26. The second kappa shape index (κ2) is 7.41. The summed E-state index contributed by atoms with van der Waals surface area (Å²) in [6.07, 6.45) is 1.46. The van der Waals surface area contributed by atoms with Gasteiger partial charge in [-0.1, -0.05) is 0 Å². The molecule has 0 radical (unpaired) electrons. The smallest absolute Gasteiger partial charge is 0.303 e. The molecular weight excluding hydrogens is 248 g/mol. The van der Waals surface area contributed by atoms with Crippen LogP contribution in [0.3, 0.4) is 0 Å². The largest absolute Gasteiger partial charge is 0.497 e. The van der Waals surface area contributed by atoms with Gasteiger partial charge in [0.25, 0.3) is 0 Å². The zero-order valence-electron chi connectivity index (χ0n) is 11.1. The van der Waals surface area contributed by atoms with E-state index in [1.807, 2.05) is 0 Å². The van der Waals surface area contributed by atoms with Gasteiger partial charge in [0, 0.05) is 18.9 Å². The van der Waals surface area contributed by atoms with Crippen LogP contribution in [0, 0.1) is 0 Å². The maximum Gasteiger partial charge on any atom is 0.303 e. The first kappa shape index (κ1) is 15.0. The molecule has 0 heterocycles. The molecule has 0 fully saturated rings. The van der Waals surface area contributed by atoms with Crippen molar-refractivity contribution in [3.8, 4) is 11.5 Å². The van der Waals surface area contributed by atoms with Crippen molar-refractivity contribution in [2.45, 2.75) is 25.7 Å². The summed E-state index contributed by atoms with van der Waals surface area (Å²) in [4.78, 5) is 22.4. The molecule has 0 saturated carbocycles. The van der Waals surface area contributed by atoms with Gasteiger partial charge in [-0.2, -0.15) is 0 Å². The van der Waals surface area contributed by atoms with Gasteiger partial charge in [-0.15, -0.1) is 0 Å². The van der Waals surface area contributed by atoms with Crippen molar-refractivity contribution < 1.29 is 24.2 Å². The lowest BCUT2D eigenvalue weighted by molar-refractivity contribution is -0.137. The van der Waals surface area contributed by atoms with Crippen molar-refractivity contribution in [3.63, 3.8) is 0 Å². The Kier molecular flexibility index (Phi) is 5.85. The molecule has 0 aliphatic heterocycles. The van der Waals surface area contributed by atoms with Crippen LogP contribution in [0.25, 0.3) is 0 Å². The number of hydrogen-bond acceptors (Lipinski definition) is 4. The summed E-state index contributed by atoms with van der Waals surface area (Å²) in [5.74, 6) is 0.209. The van der Waals surface area contributed by atoms with Gasteiger partial charge < -0.3 is 14.6 Å². The van der Waals surface area contributed by atoms with Crippen LogP contribution in [0.5, 0.6) is 11.5 Å². The Morgan fingerprint density at radius 1 is 1.11 bits per heavy atom. The zero-order valence-corrected chi connectivity index (χ0v) is 11.1. The number of aliphatic carboxylic acids is 1. The number of carbonyl (C=O) groups is 2. The first-order chi connectivity index (χ1) is 9.08. The van der Waals surface area contributed by atoms with E-state index in [0.717, 1.165) is 0 Å². The van der Waals surface area contributed by atoms with E-state index in [9.17, 15) is 9.59 Å². The molecule has 1 rings (SSSR count). The van der Waals surface area contributed by atoms with E-state index in [0.29, 0.717) is 36.3 Å². The van der Waals surface area contributed by atoms with E-state index < -0.39 is 5.97 Å². The molecule has 5 nitrogen and oxygen atoms in total. The molecule has 0 aromatic heterocycles. The molecule has 1 aromatic carbocycles. The molecule has 19 heavy (non-hydrogen) atoms. The fourth-order valence-corrected chi connectivity index (χ4v) is 1.73. The minimum atomic E-state index is -0.838. The van der Waals surface area contributed by atoms with E-state index in [2.05, 4.69) is 0 Å². The number of unbranched alkanes of at least 4 members (excludes halogenated alkanes) is 1. The number of Topliss-reactive ketones (excluding diaryl/α,β-unsaturated/α-hetero) is 1. The SMILES string of the molecule is COc1ccc(C(=O)CCCCC(=O)O)c(OC)c1. The normalized spacial score (nSPS) is 10.0. The van der Waals surface area contributed by atoms with E-state index in [1.165, 1.54) is 7.11 Å². The van der Waals surface area contributed by atoms with Crippen molar-refractivity contribution in [2.24, 2.45) is 0 Å². The van der Waals surface area contributed by atoms with E-state index in [-0.39, 0.29) is 12.2 Å². The van der Waals surface area contributed by atoms with E-state index in [1.54, 1.807) is 25.3 Å². The molecule has 1 aromatic rings. The van der Waals surface area contributed by atoms with Gasteiger partial charge in [-0.05, 0) is 25.0 Å². The maximum absolute atomic E-state index is 12.0. The Morgan fingerprint density at radius 3 is 2.37 bits per heavy atom. The highest BCUT2D eigenvalue weighted by molar-refractivity contribution is 5.98. The molecule has 104 valence electrons. The molecule has 0 saturated heterocycles.